The first-order valence-electron chi connectivity index (χ1n) is 9.60. The average Bonchev–Trinajstić information content (AvgIpc) is 3.13. The van der Waals surface area contributed by atoms with Crippen LogP contribution in [0.1, 0.15) is 12.5 Å². The molecule has 1 unspecified atom stereocenters. The smallest absolute Gasteiger partial charge is 0.353 e. The molecule has 168 valence electrons. The van der Waals surface area contributed by atoms with Crippen molar-refractivity contribution in [1.29, 1.82) is 0 Å². The van der Waals surface area contributed by atoms with E-state index >= 15 is 0 Å². The number of hydrogen-bond acceptors (Lipinski definition) is 5. The van der Waals surface area contributed by atoms with Gasteiger partial charge in [-0.2, -0.15) is 5.10 Å². The number of carbonyl (C=O) groups is 3. The quantitative estimate of drug-likeness (QED) is 0.610. The minimum Gasteiger partial charge on any atom is -0.468 e. The molecular formula is C22H22Cl2N4O4. The van der Waals surface area contributed by atoms with Crippen LogP contribution in [0.5, 0.6) is 0 Å². The van der Waals surface area contributed by atoms with Gasteiger partial charge in [-0.05, 0) is 48.9 Å². The van der Waals surface area contributed by atoms with E-state index in [0.29, 0.717) is 27.0 Å². The van der Waals surface area contributed by atoms with E-state index in [-0.39, 0.29) is 6.54 Å². The number of carbonyl (C=O) groups excluding carboxylic acids is 3. The number of hydrazone groups is 1. The summed E-state index contributed by atoms with van der Waals surface area (Å²) in [6.45, 7) is 1.53. The van der Waals surface area contributed by atoms with Gasteiger partial charge < -0.3 is 9.64 Å². The van der Waals surface area contributed by atoms with Gasteiger partial charge in [0.1, 0.15) is 5.41 Å². The number of halogens is 2. The first kappa shape index (κ1) is 23.6. The van der Waals surface area contributed by atoms with Crippen LogP contribution < -0.4 is 4.90 Å². The molecule has 0 N–H and O–H groups in total. The Morgan fingerprint density at radius 3 is 2.03 bits per heavy atom. The van der Waals surface area contributed by atoms with E-state index in [2.05, 4.69) is 5.10 Å². The van der Waals surface area contributed by atoms with E-state index in [1.807, 2.05) is 0 Å². The topological polar surface area (TPSA) is 82.5 Å². The maximum absolute atomic E-state index is 13.5. The number of esters is 1. The summed E-state index contributed by atoms with van der Waals surface area (Å²) in [6, 6.07) is 11.7. The Morgan fingerprint density at radius 2 is 1.53 bits per heavy atom. The van der Waals surface area contributed by atoms with Crippen LogP contribution in [0.15, 0.2) is 53.6 Å². The molecule has 0 saturated carbocycles. The fourth-order valence-corrected chi connectivity index (χ4v) is 3.58. The van der Waals surface area contributed by atoms with Crippen LogP contribution >= 0.6 is 23.2 Å². The van der Waals surface area contributed by atoms with Gasteiger partial charge in [0.25, 0.3) is 0 Å². The van der Waals surface area contributed by atoms with Gasteiger partial charge in [0.15, 0.2) is 0 Å². The Balaban J connectivity index is 2.06. The van der Waals surface area contributed by atoms with Crippen LogP contribution in [0.25, 0.3) is 0 Å². The van der Waals surface area contributed by atoms with Gasteiger partial charge in [0, 0.05) is 24.1 Å². The fraction of sp³-hybridized carbons (Fsp3) is 0.273. The van der Waals surface area contributed by atoms with Crippen molar-refractivity contribution in [3.8, 4) is 0 Å². The molecule has 10 heteroatoms. The highest BCUT2D eigenvalue weighted by atomic mass is 35.5. The van der Waals surface area contributed by atoms with Gasteiger partial charge in [-0.15, -0.1) is 0 Å². The lowest BCUT2D eigenvalue weighted by Gasteiger charge is -2.28. The van der Waals surface area contributed by atoms with Gasteiger partial charge >= 0.3 is 18.0 Å². The Bertz CT molecular complexity index is 1070. The Morgan fingerprint density at radius 1 is 1.00 bits per heavy atom. The van der Waals surface area contributed by atoms with E-state index in [0.717, 1.165) is 9.91 Å². The molecule has 0 bridgehead atoms. The van der Waals surface area contributed by atoms with Gasteiger partial charge in [-0.25, -0.2) is 19.5 Å². The number of rotatable bonds is 3. The van der Waals surface area contributed by atoms with Crippen molar-refractivity contribution >= 4 is 52.6 Å². The number of urea groups is 2. The van der Waals surface area contributed by atoms with Crippen LogP contribution in [0.3, 0.4) is 0 Å². The summed E-state index contributed by atoms with van der Waals surface area (Å²) in [5, 5.41) is 6.51. The van der Waals surface area contributed by atoms with E-state index in [9.17, 15) is 14.4 Å². The number of nitrogens with zero attached hydrogens (tertiary/aromatic N) is 4. The summed E-state index contributed by atoms with van der Waals surface area (Å²) in [5.74, 6) is -0.557. The fourth-order valence-electron chi connectivity index (χ4n) is 3.33. The van der Waals surface area contributed by atoms with E-state index in [4.69, 9.17) is 27.9 Å². The molecule has 0 fully saturated rings. The Kier molecular flexibility index (Phi) is 6.76. The second-order valence-electron chi connectivity index (χ2n) is 7.61. The van der Waals surface area contributed by atoms with E-state index in [1.54, 1.807) is 55.5 Å². The molecule has 1 aliphatic rings. The summed E-state index contributed by atoms with van der Waals surface area (Å²) in [5.41, 5.74) is 0.00995. The standard InChI is InChI=1S/C22H22Cl2N4O4/c1-22(19(29)32-4)13-27(25-18(22)14-5-7-15(23)8-6-14)21(31)28(20(30)26(2)3)17-11-9-16(24)10-12-17/h5-12H,13H2,1-4H3. The minimum absolute atomic E-state index is 0.110. The zero-order valence-corrected chi connectivity index (χ0v) is 19.5. The number of anilines is 1. The van der Waals surface area contributed by atoms with Crippen LogP contribution in [0, 0.1) is 5.41 Å². The average molecular weight is 477 g/mol. The molecular weight excluding hydrogens is 455 g/mol. The van der Waals surface area contributed by atoms with Gasteiger partial charge in [-0.3, -0.25) is 4.79 Å². The molecule has 4 amide bonds. The zero-order valence-electron chi connectivity index (χ0n) is 18.0. The molecule has 0 aliphatic carbocycles. The molecule has 2 aromatic carbocycles. The summed E-state index contributed by atoms with van der Waals surface area (Å²) in [7, 11) is 4.33. The lowest BCUT2D eigenvalue weighted by atomic mass is 9.82. The molecule has 0 aromatic heterocycles. The van der Waals surface area contributed by atoms with Crippen molar-refractivity contribution in [3.05, 3.63) is 64.1 Å². The predicted octanol–water partition coefficient (Wildman–Crippen LogP) is 4.50. The monoisotopic (exact) mass is 476 g/mol. The lowest BCUT2D eigenvalue weighted by molar-refractivity contribution is -0.147. The Labute approximate surface area is 195 Å². The molecule has 0 radical (unpaired) electrons. The first-order chi connectivity index (χ1) is 15.1. The van der Waals surface area contributed by atoms with Crippen LogP contribution in [0.4, 0.5) is 15.3 Å². The number of benzene rings is 2. The second-order valence-corrected chi connectivity index (χ2v) is 8.48. The third-order valence-electron chi connectivity index (χ3n) is 5.03. The highest BCUT2D eigenvalue weighted by molar-refractivity contribution is 6.31. The summed E-state index contributed by atoms with van der Waals surface area (Å²) >= 11 is 11.9. The molecule has 1 aliphatic heterocycles. The first-order valence-corrected chi connectivity index (χ1v) is 10.4. The molecule has 1 atom stereocenters. The third-order valence-corrected chi connectivity index (χ3v) is 5.54. The summed E-state index contributed by atoms with van der Waals surface area (Å²) < 4.78 is 5.00. The van der Waals surface area contributed by atoms with Gasteiger partial charge in [-0.1, -0.05) is 35.3 Å². The van der Waals surface area contributed by atoms with Gasteiger partial charge in [0.05, 0.1) is 25.1 Å². The number of imide groups is 1. The molecule has 32 heavy (non-hydrogen) atoms. The van der Waals surface area contributed by atoms with Crippen LogP contribution in [0.2, 0.25) is 10.0 Å². The molecule has 0 spiro atoms. The molecule has 2 aromatic rings. The van der Waals surface area contributed by atoms with Crippen molar-refractivity contribution < 1.29 is 19.1 Å². The number of ether oxygens (including phenoxy) is 1. The second kappa shape index (κ2) is 9.18. The van der Waals surface area contributed by atoms with E-state index in [1.165, 1.54) is 26.1 Å². The summed E-state index contributed by atoms with van der Waals surface area (Å²) in [6.07, 6.45) is 0. The van der Waals surface area contributed by atoms with Crippen LogP contribution in [-0.4, -0.2) is 61.4 Å². The highest BCUT2D eigenvalue weighted by Gasteiger charge is 2.49. The van der Waals surface area contributed by atoms with Crippen molar-refractivity contribution in [2.45, 2.75) is 6.92 Å². The molecule has 1 heterocycles. The maximum atomic E-state index is 13.5. The summed E-state index contributed by atoms with van der Waals surface area (Å²) in [4.78, 5) is 41.3. The normalized spacial score (nSPS) is 17.6. The van der Waals surface area contributed by atoms with Gasteiger partial charge in [0.2, 0.25) is 0 Å². The van der Waals surface area contributed by atoms with Crippen molar-refractivity contribution in [3.63, 3.8) is 0 Å². The van der Waals surface area contributed by atoms with Crippen LogP contribution in [-0.2, 0) is 9.53 Å². The molecule has 3 rings (SSSR count). The lowest BCUT2D eigenvalue weighted by Crippen LogP contribution is -2.50. The number of methoxy groups -OCH3 is 1. The van der Waals surface area contributed by atoms with Crippen molar-refractivity contribution in [1.82, 2.24) is 9.91 Å². The van der Waals surface area contributed by atoms with Crippen molar-refractivity contribution in [2.24, 2.45) is 10.5 Å². The number of hydrogen-bond donors (Lipinski definition) is 0. The minimum atomic E-state index is -1.24. The maximum Gasteiger partial charge on any atom is 0.353 e. The SMILES string of the molecule is COC(=O)C1(C)CN(C(=O)N(C(=O)N(C)C)c2ccc(Cl)cc2)N=C1c1ccc(Cl)cc1. The molecule has 0 saturated heterocycles. The third kappa shape index (κ3) is 4.42. The largest absolute Gasteiger partial charge is 0.468 e. The Hall–Kier alpha value is -3.10. The highest BCUT2D eigenvalue weighted by Crippen LogP contribution is 2.34. The number of amides is 4. The van der Waals surface area contributed by atoms with Crippen molar-refractivity contribution in [2.75, 3.05) is 32.6 Å². The molecule has 8 nitrogen and oxygen atoms in total. The predicted molar refractivity (Wildman–Crippen MR) is 123 cm³/mol. The zero-order chi connectivity index (χ0) is 23.6. The van der Waals surface area contributed by atoms with E-state index < -0.39 is 23.4 Å².